The second-order valence-electron chi connectivity index (χ2n) is 5.23. The maximum absolute atomic E-state index is 12.2. The molecule has 0 saturated carbocycles. The standard InChI is InChI=1S/C19H19NO3/c1-13-4-5-14(2)17(12-13)18(21)10-11-20-16-8-6-15(7-9-16)19(22)23-3/h4-12,20H,1-3H3. The lowest BCUT2D eigenvalue weighted by Gasteiger charge is -2.04. The van der Waals surface area contributed by atoms with Crippen molar-refractivity contribution in [2.75, 3.05) is 12.4 Å². The predicted octanol–water partition coefficient (Wildman–Crippen LogP) is 3.90. The number of allylic oxidation sites excluding steroid dienone is 1. The van der Waals surface area contributed by atoms with Crippen molar-refractivity contribution >= 4 is 17.4 Å². The van der Waals surface area contributed by atoms with E-state index in [9.17, 15) is 9.59 Å². The Labute approximate surface area is 135 Å². The highest BCUT2D eigenvalue weighted by Gasteiger charge is 2.06. The number of aryl methyl sites for hydroxylation is 2. The molecule has 0 saturated heterocycles. The lowest BCUT2D eigenvalue weighted by molar-refractivity contribution is 0.0600. The van der Waals surface area contributed by atoms with E-state index >= 15 is 0 Å². The number of anilines is 1. The van der Waals surface area contributed by atoms with Crippen LogP contribution in [0.4, 0.5) is 5.69 Å². The summed E-state index contributed by atoms with van der Waals surface area (Å²) in [5, 5.41) is 3.01. The van der Waals surface area contributed by atoms with Gasteiger partial charge in [-0.1, -0.05) is 17.7 Å². The first-order valence-electron chi connectivity index (χ1n) is 7.24. The summed E-state index contributed by atoms with van der Waals surface area (Å²) in [5.74, 6) is -0.429. The van der Waals surface area contributed by atoms with Crippen LogP contribution in [-0.4, -0.2) is 18.9 Å². The van der Waals surface area contributed by atoms with Gasteiger partial charge in [0.25, 0.3) is 0 Å². The molecule has 2 rings (SSSR count). The van der Waals surface area contributed by atoms with E-state index in [2.05, 4.69) is 10.1 Å². The molecule has 4 nitrogen and oxygen atoms in total. The summed E-state index contributed by atoms with van der Waals surface area (Å²) >= 11 is 0. The summed E-state index contributed by atoms with van der Waals surface area (Å²) in [6, 6.07) is 12.6. The van der Waals surface area contributed by atoms with Crippen LogP contribution in [0.3, 0.4) is 0 Å². The van der Waals surface area contributed by atoms with Crippen LogP contribution in [0.2, 0.25) is 0 Å². The molecule has 0 bridgehead atoms. The van der Waals surface area contributed by atoms with Gasteiger partial charge in [0.05, 0.1) is 12.7 Å². The van der Waals surface area contributed by atoms with Crippen molar-refractivity contribution in [2.45, 2.75) is 13.8 Å². The van der Waals surface area contributed by atoms with Gasteiger partial charge in [-0.05, 0) is 49.7 Å². The van der Waals surface area contributed by atoms with Crippen molar-refractivity contribution < 1.29 is 14.3 Å². The van der Waals surface area contributed by atoms with Crippen molar-refractivity contribution in [3.63, 3.8) is 0 Å². The monoisotopic (exact) mass is 309 g/mol. The van der Waals surface area contributed by atoms with Gasteiger partial charge in [-0.2, -0.15) is 0 Å². The van der Waals surface area contributed by atoms with Crippen LogP contribution >= 0.6 is 0 Å². The Kier molecular flexibility index (Phi) is 5.31. The minimum Gasteiger partial charge on any atom is -0.465 e. The molecule has 2 aromatic rings. The van der Waals surface area contributed by atoms with Gasteiger partial charge in [-0.25, -0.2) is 4.79 Å². The molecule has 1 N–H and O–H groups in total. The maximum atomic E-state index is 12.2. The third-order valence-corrected chi connectivity index (χ3v) is 3.45. The minimum atomic E-state index is -0.378. The number of carbonyl (C=O) groups excluding carboxylic acids is 2. The second kappa shape index (κ2) is 7.40. The topological polar surface area (TPSA) is 55.4 Å². The summed E-state index contributed by atoms with van der Waals surface area (Å²) in [4.78, 5) is 23.5. The van der Waals surface area contributed by atoms with Gasteiger partial charge in [-0.15, -0.1) is 0 Å². The third-order valence-electron chi connectivity index (χ3n) is 3.45. The molecular weight excluding hydrogens is 290 g/mol. The molecule has 0 aliphatic rings. The van der Waals surface area contributed by atoms with Gasteiger partial charge < -0.3 is 10.1 Å². The van der Waals surface area contributed by atoms with E-state index in [1.165, 1.54) is 13.2 Å². The van der Waals surface area contributed by atoms with Crippen LogP contribution in [0.1, 0.15) is 31.8 Å². The van der Waals surface area contributed by atoms with Crippen molar-refractivity contribution in [1.82, 2.24) is 0 Å². The van der Waals surface area contributed by atoms with E-state index in [0.717, 1.165) is 16.8 Å². The normalized spacial score (nSPS) is 10.6. The largest absolute Gasteiger partial charge is 0.465 e. The van der Waals surface area contributed by atoms with E-state index in [1.54, 1.807) is 30.5 Å². The molecule has 0 aliphatic heterocycles. The fraction of sp³-hybridized carbons (Fsp3) is 0.158. The molecule has 0 aliphatic carbocycles. The van der Waals surface area contributed by atoms with E-state index in [1.807, 2.05) is 32.0 Å². The highest BCUT2D eigenvalue weighted by Crippen LogP contribution is 2.13. The third kappa shape index (κ3) is 4.30. The number of nitrogens with one attached hydrogen (secondary N) is 1. The van der Waals surface area contributed by atoms with Gasteiger partial charge >= 0.3 is 5.97 Å². The van der Waals surface area contributed by atoms with Crippen LogP contribution in [0.5, 0.6) is 0 Å². The molecule has 0 spiro atoms. The molecule has 0 radical (unpaired) electrons. The smallest absolute Gasteiger partial charge is 0.337 e. The highest BCUT2D eigenvalue weighted by molar-refractivity contribution is 6.05. The van der Waals surface area contributed by atoms with Crippen molar-refractivity contribution in [3.05, 3.63) is 77.0 Å². The molecule has 118 valence electrons. The first-order chi connectivity index (χ1) is 11.0. The Hall–Kier alpha value is -2.88. The van der Waals surface area contributed by atoms with Crippen molar-refractivity contribution in [3.8, 4) is 0 Å². The highest BCUT2D eigenvalue weighted by atomic mass is 16.5. The second-order valence-corrected chi connectivity index (χ2v) is 5.23. The number of ether oxygens (including phenoxy) is 1. The zero-order valence-electron chi connectivity index (χ0n) is 13.4. The van der Waals surface area contributed by atoms with E-state index in [0.29, 0.717) is 11.1 Å². The number of esters is 1. The number of rotatable bonds is 5. The van der Waals surface area contributed by atoms with E-state index in [4.69, 9.17) is 0 Å². The molecular formula is C19H19NO3. The van der Waals surface area contributed by atoms with E-state index in [-0.39, 0.29) is 11.8 Å². The number of hydrogen-bond acceptors (Lipinski definition) is 4. The van der Waals surface area contributed by atoms with Gasteiger partial charge in [0.1, 0.15) is 0 Å². The first-order valence-corrected chi connectivity index (χ1v) is 7.24. The van der Waals surface area contributed by atoms with Crippen LogP contribution in [-0.2, 0) is 4.74 Å². The maximum Gasteiger partial charge on any atom is 0.337 e. The van der Waals surface area contributed by atoms with Crippen LogP contribution in [0.15, 0.2) is 54.7 Å². The molecule has 0 atom stereocenters. The van der Waals surface area contributed by atoms with Gasteiger partial charge in [-0.3, -0.25) is 4.79 Å². The van der Waals surface area contributed by atoms with Gasteiger partial charge in [0.2, 0.25) is 0 Å². The fourth-order valence-corrected chi connectivity index (χ4v) is 2.13. The molecule has 4 heteroatoms. The SMILES string of the molecule is COC(=O)c1ccc(NC=CC(=O)c2cc(C)ccc2C)cc1. The van der Waals surface area contributed by atoms with Crippen LogP contribution in [0, 0.1) is 13.8 Å². The summed E-state index contributed by atoms with van der Waals surface area (Å²) in [6.45, 7) is 3.88. The Bertz CT molecular complexity index is 746. The summed E-state index contributed by atoms with van der Waals surface area (Å²) in [7, 11) is 1.34. The lowest BCUT2D eigenvalue weighted by Crippen LogP contribution is -2.01. The van der Waals surface area contributed by atoms with Gasteiger partial charge in [0, 0.05) is 23.5 Å². The number of benzene rings is 2. The lowest BCUT2D eigenvalue weighted by atomic mass is 10.0. The quantitative estimate of drug-likeness (QED) is 0.517. The molecule has 0 fully saturated rings. The van der Waals surface area contributed by atoms with Gasteiger partial charge in [0.15, 0.2) is 5.78 Å². The summed E-state index contributed by atoms with van der Waals surface area (Å²) in [6.07, 6.45) is 3.09. The van der Waals surface area contributed by atoms with Crippen LogP contribution in [0.25, 0.3) is 0 Å². The molecule has 23 heavy (non-hydrogen) atoms. The molecule has 0 aromatic heterocycles. The molecule has 0 unspecified atom stereocenters. The Morgan fingerprint density at radius 2 is 1.74 bits per heavy atom. The molecule has 0 amide bonds. The molecule has 0 heterocycles. The summed E-state index contributed by atoms with van der Waals surface area (Å²) in [5.41, 5.74) is 3.96. The zero-order valence-corrected chi connectivity index (χ0v) is 13.4. The summed E-state index contributed by atoms with van der Waals surface area (Å²) < 4.78 is 4.64. The number of methoxy groups -OCH3 is 1. The minimum absolute atomic E-state index is 0.0510. The Morgan fingerprint density at radius 3 is 2.39 bits per heavy atom. The number of carbonyl (C=O) groups is 2. The predicted molar refractivity (Wildman–Crippen MR) is 90.8 cm³/mol. The Balaban J connectivity index is 2.02. The zero-order chi connectivity index (χ0) is 16.8. The van der Waals surface area contributed by atoms with Crippen molar-refractivity contribution in [1.29, 1.82) is 0 Å². The first kappa shape index (κ1) is 16.5. The van der Waals surface area contributed by atoms with Crippen LogP contribution < -0.4 is 5.32 Å². The fourth-order valence-electron chi connectivity index (χ4n) is 2.13. The Morgan fingerprint density at radius 1 is 1.04 bits per heavy atom. The number of ketones is 1. The average molecular weight is 309 g/mol. The number of hydrogen-bond donors (Lipinski definition) is 1. The average Bonchev–Trinajstić information content (AvgIpc) is 2.56. The van der Waals surface area contributed by atoms with Crippen molar-refractivity contribution in [2.24, 2.45) is 0 Å². The molecule has 2 aromatic carbocycles. The van der Waals surface area contributed by atoms with E-state index < -0.39 is 0 Å².